The van der Waals surface area contributed by atoms with Crippen molar-refractivity contribution in [1.82, 2.24) is 9.97 Å². The molecule has 2 N–H and O–H groups in total. The van der Waals surface area contributed by atoms with Gasteiger partial charge in [0.15, 0.2) is 0 Å². The Balaban J connectivity index is 2.53. The molecule has 0 aliphatic carbocycles. The van der Waals surface area contributed by atoms with E-state index in [9.17, 15) is 4.79 Å². The standard InChI is InChI=1S/C11H18N4O/c1-8(2)5-12-10-4-11(15-7-14-10)13-6-9(3)16/h4,7-8H,5-6H2,1-3H3,(H2,12,13,14,15). The van der Waals surface area contributed by atoms with E-state index < -0.39 is 0 Å². The zero-order valence-corrected chi connectivity index (χ0v) is 9.95. The Hall–Kier alpha value is -1.65. The molecule has 0 unspecified atom stereocenters. The number of carbonyl (C=O) groups is 1. The number of hydrogen-bond acceptors (Lipinski definition) is 5. The zero-order valence-electron chi connectivity index (χ0n) is 9.95. The highest BCUT2D eigenvalue weighted by Crippen LogP contribution is 2.08. The van der Waals surface area contributed by atoms with E-state index in [1.165, 1.54) is 13.3 Å². The van der Waals surface area contributed by atoms with Gasteiger partial charge in [0.1, 0.15) is 23.7 Å². The fourth-order valence-corrected chi connectivity index (χ4v) is 1.07. The van der Waals surface area contributed by atoms with Gasteiger partial charge in [-0.15, -0.1) is 0 Å². The van der Waals surface area contributed by atoms with Crippen molar-refractivity contribution >= 4 is 17.4 Å². The zero-order chi connectivity index (χ0) is 12.0. The largest absolute Gasteiger partial charge is 0.370 e. The molecule has 1 aromatic heterocycles. The number of aromatic nitrogens is 2. The minimum atomic E-state index is 0.0790. The van der Waals surface area contributed by atoms with Crippen LogP contribution in [0.1, 0.15) is 20.8 Å². The smallest absolute Gasteiger partial charge is 0.148 e. The quantitative estimate of drug-likeness (QED) is 0.764. The second kappa shape index (κ2) is 6.05. The average Bonchev–Trinajstić information content (AvgIpc) is 2.24. The first-order valence-electron chi connectivity index (χ1n) is 5.37. The van der Waals surface area contributed by atoms with Gasteiger partial charge in [-0.2, -0.15) is 0 Å². The summed E-state index contributed by atoms with van der Waals surface area (Å²) >= 11 is 0. The number of carbonyl (C=O) groups excluding carboxylic acids is 1. The van der Waals surface area contributed by atoms with Crippen LogP contribution in [0.2, 0.25) is 0 Å². The van der Waals surface area contributed by atoms with Crippen LogP contribution < -0.4 is 10.6 Å². The Bertz CT molecular complexity index is 352. The van der Waals surface area contributed by atoms with Crippen molar-refractivity contribution in [3.05, 3.63) is 12.4 Å². The van der Waals surface area contributed by atoms with Crippen LogP contribution in [0.4, 0.5) is 11.6 Å². The molecule has 0 bridgehead atoms. The van der Waals surface area contributed by atoms with Crippen LogP contribution in [-0.4, -0.2) is 28.8 Å². The van der Waals surface area contributed by atoms with E-state index in [2.05, 4.69) is 34.4 Å². The molecule has 16 heavy (non-hydrogen) atoms. The van der Waals surface area contributed by atoms with Gasteiger partial charge in [0.05, 0.1) is 6.54 Å². The number of hydrogen-bond donors (Lipinski definition) is 2. The predicted octanol–water partition coefficient (Wildman–Crippen LogP) is 1.55. The summed E-state index contributed by atoms with van der Waals surface area (Å²) in [5.74, 6) is 2.07. The lowest BCUT2D eigenvalue weighted by molar-refractivity contribution is -0.115. The number of nitrogens with zero attached hydrogens (tertiary/aromatic N) is 2. The summed E-state index contributed by atoms with van der Waals surface area (Å²) in [6.45, 7) is 6.95. The van der Waals surface area contributed by atoms with Gasteiger partial charge in [0.2, 0.25) is 0 Å². The van der Waals surface area contributed by atoms with E-state index in [1.54, 1.807) is 6.07 Å². The highest BCUT2D eigenvalue weighted by Gasteiger charge is 2.00. The van der Waals surface area contributed by atoms with Crippen LogP contribution in [0.5, 0.6) is 0 Å². The van der Waals surface area contributed by atoms with E-state index >= 15 is 0 Å². The van der Waals surface area contributed by atoms with Gasteiger partial charge in [-0.25, -0.2) is 9.97 Å². The van der Waals surface area contributed by atoms with Crippen LogP contribution in [0.3, 0.4) is 0 Å². The molecule has 0 aromatic carbocycles. The van der Waals surface area contributed by atoms with Gasteiger partial charge >= 0.3 is 0 Å². The van der Waals surface area contributed by atoms with E-state index in [0.29, 0.717) is 18.3 Å². The molecule has 88 valence electrons. The first-order chi connectivity index (χ1) is 7.58. The summed E-state index contributed by atoms with van der Waals surface area (Å²) < 4.78 is 0. The number of rotatable bonds is 6. The van der Waals surface area contributed by atoms with Gasteiger partial charge < -0.3 is 10.6 Å². The van der Waals surface area contributed by atoms with E-state index in [4.69, 9.17) is 0 Å². The highest BCUT2D eigenvalue weighted by molar-refractivity contribution is 5.80. The number of anilines is 2. The first kappa shape index (κ1) is 12.4. The predicted molar refractivity (Wildman–Crippen MR) is 64.5 cm³/mol. The minimum Gasteiger partial charge on any atom is -0.370 e. The lowest BCUT2D eigenvalue weighted by Crippen LogP contribution is -2.13. The third-order valence-electron chi connectivity index (χ3n) is 1.88. The molecule has 0 saturated carbocycles. The van der Waals surface area contributed by atoms with Crippen LogP contribution in [0.25, 0.3) is 0 Å². The molecule has 1 heterocycles. The van der Waals surface area contributed by atoms with Crippen molar-refractivity contribution in [3.63, 3.8) is 0 Å². The summed E-state index contributed by atoms with van der Waals surface area (Å²) in [4.78, 5) is 18.9. The van der Waals surface area contributed by atoms with Crippen molar-refractivity contribution in [2.45, 2.75) is 20.8 Å². The molecule has 0 radical (unpaired) electrons. The highest BCUT2D eigenvalue weighted by atomic mass is 16.1. The molecule has 0 atom stereocenters. The van der Waals surface area contributed by atoms with Crippen molar-refractivity contribution in [2.75, 3.05) is 23.7 Å². The molecular weight excluding hydrogens is 204 g/mol. The summed E-state index contributed by atoms with van der Waals surface area (Å²) in [5.41, 5.74) is 0. The molecule has 1 aromatic rings. The third-order valence-corrected chi connectivity index (χ3v) is 1.88. The van der Waals surface area contributed by atoms with Crippen molar-refractivity contribution in [1.29, 1.82) is 0 Å². The lowest BCUT2D eigenvalue weighted by atomic mass is 10.2. The topological polar surface area (TPSA) is 66.9 Å². The normalized spacial score (nSPS) is 10.2. The average molecular weight is 222 g/mol. The Morgan fingerprint density at radius 2 is 1.94 bits per heavy atom. The summed E-state index contributed by atoms with van der Waals surface area (Å²) in [6.07, 6.45) is 1.48. The van der Waals surface area contributed by atoms with Crippen LogP contribution in [-0.2, 0) is 4.79 Å². The van der Waals surface area contributed by atoms with Gasteiger partial charge in [0, 0.05) is 12.6 Å². The summed E-state index contributed by atoms with van der Waals surface area (Å²) in [5, 5.41) is 6.13. The summed E-state index contributed by atoms with van der Waals surface area (Å²) in [6, 6.07) is 1.80. The van der Waals surface area contributed by atoms with E-state index in [1.807, 2.05) is 0 Å². The number of Topliss-reactive ketones (excluding diaryl/α,β-unsaturated/α-hetero) is 1. The second-order valence-corrected chi connectivity index (χ2v) is 4.12. The Labute approximate surface area is 95.7 Å². The molecule has 5 heteroatoms. The fraction of sp³-hybridized carbons (Fsp3) is 0.545. The molecule has 0 spiro atoms. The van der Waals surface area contributed by atoms with Gasteiger partial charge in [-0.05, 0) is 12.8 Å². The minimum absolute atomic E-state index is 0.0790. The molecule has 5 nitrogen and oxygen atoms in total. The third kappa shape index (κ3) is 4.72. The van der Waals surface area contributed by atoms with Gasteiger partial charge in [-0.1, -0.05) is 13.8 Å². The molecule has 0 amide bonds. The van der Waals surface area contributed by atoms with Crippen molar-refractivity contribution in [2.24, 2.45) is 5.92 Å². The van der Waals surface area contributed by atoms with E-state index in [-0.39, 0.29) is 5.78 Å². The Kier molecular flexibility index (Phi) is 4.69. The molecular formula is C11H18N4O. The van der Waals surface area contributed by atoms with Crippen LogP contribution >= 0.6 is 0 Å². The van der Waals surface area contributed by atoms with Crippen molar-refractivity contribution in [3.8, 4) is 0 Å². The maximum Gasteiger partial charge on any atom is 0.148 e. The first-order valence-corrected chi connectivity index (χ1v) is 5.37. The SMILES string of the molecule is CC(=O)CNc1cc(NCC(C)C)ncn1. The lowest BCUT2D eigenvalue weighted by Gasteiger charge is -2.09. The van der Waals surface area contributed by atoms with Crippen molar-refractivity contribution < 1.29 is 4.79 Å². The van der Waals surface area contributed by atoms with E-state index in [0.717, 1.165) is 12.4 Å². The summed E-state index contributed by atoms with van der Waals surface area (Å²) in [7, 11) is 0. The number of nitrogens with one attached hydrogen (secondary N) is 2. The second-order valence-electron chi connectivity index (χ2n) is 4.12. The van der Waals surface area contributed by atoms with Gasteiger partial charge in [0.25, 0.3) is 0 Å². The molecule has 0 aliphatic heterocycles. The molecule has 0 saturated heterocycles. The molecule has 1 rings (SSSR count). The fourth-order valence-electron chi connectivity index (χ4n) is 1.07. The number of ketones is 1. The molecule has 0 aliphatic rings. The van der Waals surface area contributed by atoms with Crippen LogP contribution in [0.15, 0.2) is 12.4 Å². The monoisotopic (exact) mass is 222 g/mol. The Morgan fingerprint density at radius 1 is 1.31 bits per heavy atom. The van der Waals surface area contributed by atoms with Gasteiger partial charge in [-0.3, -0.25) is 4.79 Å². The molecule has 0 fully saturated rings. The van der Waals surface area contributed by atoms with Crippen LogP contribution in [0, 0.1) is 5.92 Å². The Morgan fingerprint density at radius 3 is 2.50 bits per heavy atom. The maximum atomic E-state index is 10.8. The maximum absolute atomic E-state index is 10.8.